The van der Waals surface area contributed by atoms with Gasteiger partial charge in [0.25, 0.3) is 5.91 Å². The molecule has 8 nitrogen and oxygen atoms in total. The van der Waals surface area contributed by atoms with Crippen LogP contribution in [0.3, 0.4) is 0 Å². The zero-order valence-electron chi connectivity index (χ0n) is 11.4. The van der Waals surface area contributed by atoms with Crippen molar-refractivity contribution in [1.82, 2.24) is 30.0 Å². The van der Waals surface area contributed by atoms with E-state index in [1.165, 1.54) is 23.5 Å². The van der Waals surface area contributed by atoms with E-state index in [0.717, 1.165) is 0 Å². The van der Waals surface area contributed by atoms with Crippen LogP contribution in [0.25, 0.3) is 5.82 Å². The van der Waals surface area contributed by atoms with E-state index in [1.54, 1.807) is 24.0 Å². The Balaban J connectivity index is 1.80. The van der Waals surface area contributed by atoms with Gasteiger partial charge in [-0.05, 0) is 19.1 Å². The number of piperazine rings is 1. The van der Waals surface area contributed by atoms with Crippen LogP contribution in [0.4, 0.5) is 0 Å². The molecule has 2 amide bonds. The lowest BCUT2D eigenvalue weighted by molar-refractivity contribution is -0.127. The molecule has 1 fully saturated rings. The summed E-state index contributed by atoms with van der Waals surface area (Å²) in [6, 6.07) is 2.89. The topological polar surface area (TPSA) is 93.0 Å². The summed E-state index contributed by atoms with van der Waals surface area (Å²) in [6.45, 7) is 2.68. The molecule has 1 aliphatic heterocycles. The normalized spacial score (nSPS) is 18.4. The molecule has 0 aliphatic carbocycles. The van der Waals surface area contributed by atoms with Crippen LogP contribution in [-0.4, -0.2) is 55.6 Å². The van der Waals surface area contributed by atoms with Gasteiger partial charge in [0.15, 0.2) is 5.82 Å². The number of nitrogens with one attached hydrogen (secondary N) is 1. The van der Waals surface area contributed by atoms with Crippen LogP contribution in [0.1, 0.15) is 17.3 Å². The summed E-state index contributed by atoms with van der Waals surface area (Å²) in [5, 5.41) is 6.70. The standard InChI is InChI=1S/C13H14N6O2/c1-9-12(20)15-4-5-18(9)13(21)10-2-3-11(16-6-10)19-8-14-7-17-19/h2-3,6-9H,4-5H2,1H3,(H,15,20). The minimum Gasteiger partial charge on any atom is -0.353 e. The maximum Gasteiger partial charge on any atom is 0.256 e. The van der Waals surface area contributed by atoms with Crippen molar-refractivity contribution in [3.8, 4) is 5.82 Å². The lowest BCUT2D eigenvalue weighted by Gasteiger charge is -2.32. The molecule has 2 aromatic heterocycles. The van der Waals surface area contributed by atoms with Gasteiger partial charge in [0.05, 0.1) is 5.56 Å². The third-order valence-corrected chi connectivity index (χ3v) is 3.41. The minimum absolute atomic E-state index is 0.137. The van der Waals surface area contributed by atoms with Gasteiger partial charge in [0.1, 0.15) is 18.7 Å². The molecule has 1 atom stereocenters. The van der Waals surface area contributed by atoms with Gasteiger partial charge < -0.3 is 10.2 Å². The van der Waals surface area contributed by atoms with Gasteiger partial charge in [-0.2, -0.15) is 5.10 Å². The van der Waals surface area contributed by atoms with E-state index in [1.807, 2.05) is 0 Å². The smallest absolute Gasteiger partial charge is 0.256 e. The summed E-state index contributed by atoms with van der Waals surface area (Å²) in [7, 11) is 0. The molecule has 21 heavy (non-hydrogen) atoms. The first kappa shape index (κ1) is 13.2. The molecule has 2 aromatic rings. The second-order valence-electron chi connectivity index (χ2n) is 4.71. The number of hydrogen-bond donors (Lipinski definition) is 1. The third-order valence-electron chi connectivity index (χ3n) is 3.41. The maximum atomic E-state index is 12.4. The first-order valence-corrected chi connectivity index (χ1v) is 6.56. The Labute approximate surface area is 120 Å². The molecule has 1 N–H and O–H groups in total. The molecular weight excluding hydrogens is 272 g/mol. The Morgan fingerprint density at radius 1 is 1.43 bits per heavy atom. The Hall–Kier alpha value is -2.77. The monoisotopic (exact) mass is 286 g/mol. The van der Waals surface area contributed by atoms with E-state index in [0.29, 0.717) is 24.5 Å². The first-order valence-electron chi connectivity index (χ1n) is 6.56. The number of hydrogen-bond acceptors (Lipinski definition) is 5. The highest BCUT2D eigenvalue weighted by molar-refractivity contribution is 5.97. The van der Waals surface area contributed by atoms with Crippen LogP contribution >= 0.6 is 0 Å². The number of pyridine rings is 1. The fourth-order valence-corrected chi connectivity index (χ4v) is 2.20. The fraction of sp³-hybridized carbons (Fsp3) is 0.308. The van der Waals surface area contributed by atoms with Crippen molar-refractivity contribution < 1.29 is 9.59 Å². The zero-order chi connectivity index (χ0) is 14.8. The highest BCUT2D eigenvalue weighted by Crippen LogP contribution is 2.11. The molecule has 108 valence electrons. The predicted molar refractivity (Wildman–Crippen MR) is 72.7 cm³/mol. The molecule has 1 aliphatic rings. The van der Waals surface area contributed by atoms with Gasteiger partial charge in [-0.1, -0.05) is 0 Å². The molecule has 1 saturated heterocycles. The molecule has 0 aromatic carbocycles. The second kappa shape index (κ2) is 5.31. The quantitative estimate of drug-likeness (QED) is 0.812. The Morgan fingerprint density at radius 2 is 2.29 bits per heavy atom. The summed E-state index contributed by atoms with van der Waals surface area (Å²) >= 11 is 0. The Kier molecular flexibility index (Phi) is 3.35. The summed E-state index contributed by atoms with van der Waals surface area (Å²) in [6.07, 6.45) is 4.42. The SMILES string of the molecule is CC1C(=O)NCCN1C(=O)c1ccc(-n2cncn2)nc1. The number of rotatable bonds is 2. The van der Waals surface area contributed by atoms with E-state index in [4.69, 9.17) is 0 Å². The van der Waals surface area contributed by atoms with Crippen molar-refractivity contribution in [2.45, 2.75) is 13.0 Å². The van der Waals surface area contributed by atoms with Crippen LogP contribution < -0.4 is 5.32 Å². The minimum atomic E-state index is -0.471. The van der Waals surface area contributed by atoms with E-state index in [2.05, 4.69) is 20.4 Å². The average molecular weight is 286 g/mol. The number of nitrogens with zero attached hydrogens (tertiary/aromatic N) is 5. The molecule has 1 unspecified atom stereocenters. The van der Waals surface area contributed by atoms with Crippen molar-refractivity contribution in [2.24, 2.45) is 0 Å². The predicted octanol–water partition coefficient (Wildman–Crippen LogP) is -0.377. The second-order valence-corrected chi connectivity index (χ2v) is 4.71. The lowest BCUT2D eigenvalue weighted by atomic mass is 10.1. The maximum absolute atomic E-state index is 12.4. The number of amides is 2. The molecule has 0 saturated carbocycles. The van der Waals surface area contributed by atoms with E-state index in [9.17, 15) is 9.59 Å². The number of carbonyl (C=O) groups is 2. The molecule has 0 spiro atoms. The van der Waals surface area contributed by atoms with Gasteiger partial charge in [-0.25, -0.2) is 14.6 Å². The molecule has 3 rings (SSSR count). The lowest BCUT2D eigenvalue weighted by Crippen LogP contribution is -2.55. The van der Waals surface area contributed by atoms with Gasteiger partial charge in [0, 0.05) is 19.3 Å². The van der Waals surface area contributed by atoms with Gasteiger partial charge in [0.2, 0.25) is 5.91 Å². The highest BCUT2D eigenvalue weighted by atomic mass is 16.2. The van der Waals surface area contributed by atoms with Crippen LogP contribution in [0.5, 0.6) is 0 Å². The Morgan fingerprint density at radius 3 is 2.95 bits per heavy atom. The van der Waals surface area contributed by atoms with Crippen LogP contribution in [0.15, 0.2) is 31.0 Å². The summed E-state index contributed by atoms with van der Waals surface area (Å²) in [5.41, 5.74) is 0.445. The van der Waals surface area contributed by atoms with E-state index < -0.39 is 6.04 Å². The van der Waals surface area contributed by atoms with Crippen molar-refractivity contribution in [3.63, 3.8) is 0 Å². The van der Waals surface area contributed by atoms with Crippen molar-refractivity contribution in [1.29, 1.82) is 0 Å². The van der Waals surface area contributed by atoms with Crippen molar-refractivity contribution in [2.75, 3.05) is 13.1 Å². The first-order chi connectivity index (χ1) is 10.2. The largest absolute Gasteiger partial charge is 0.353 e. The van der Waals surface area contributed by atoms with E-state index >= 15 is 0 Å². The van der Waals surface area contributed by atoms with Gasteiger partial charge >= 0.3 is 0 Å². The fourth-order valence-electron chi connectivity index (χ4n) is 2.20. The van der Waals surface area contributed by atoms with Crippen LogP contribution in [-0.2, 0) is 4.79 Å². The summed E-state index contributed by atoms with van der Waals surface area (Å²) < 4.78 is 1.51. The van der Waals surface area contributed by atoms with Gasteiger partial charge in [-0.15, -0.1) is 0 Å². The average Bonchev–Trinajstić information content (AvgIpc) is 3.04. The van der Waals surface area contributed by atoms with E-state index in [-0.39, 0.29) is 11.8 Å². The van der Waals surface area contributed by atoms with Crippen LogP contribution in [0.2, 0.25) is 0 Å². The van der Waals surface area contributed by atoms with Crippen molar-refractivity contribution >= 4 is 11.8 Å². The van der Waals surface area contributed by atoms with Crippen LogP contribution in [0, 0.1) is 0 Å². The number of aromatic nitrogens is 4. The molecule has 0 bridgehead atoms. The van der Waals surface area contributed by atoms with Gasteiger partial charge in [-0.3, -0.25) is 9.59 Å². The number of carbonyl (C=O) groups excluding carboxylic acids is 2. The zero-order valence-corrected chi connectivity index (χ0v) is 11.4. The molecule has 0 radical (unpaired) electrons. The Bertz CT molecular complexity index is 652. The van der Waals surface area contributed by atoms with Crippen molar-refractivity contribution in [3.05, 3.63) is 36.5 Å². The highest BCUT2D eigenvalue weighted by Gasteiger charge is 2.29. The molecular formula is C13H14N6O2. The summed E-state index contributed by atoms with van der Waals surface area (Å²) in [5.74, 6) is 0.241. The third kappa shape index (κ3) is 2.47. The molecule has 8 heteroatoms. The summed E-state index contributed by atoms with van der Waals surface area (Å²) in [4.78, 5) is 33.6. The molecule has 3 heterocycles.